The van der Waals surface area contributed by atoms with Crippen LogP contribution < -0.4 is 10.2 Å². The van der Waals surface area contributed by atoms with Crippen LogP contribution in [0.3, 0.4) is 0 Å². The zero-order valence-electron chi connectivity index (χ0n) is 15.9. The van der Waals surface area contributed by atoms with Crippen molar-refractivity contribution < 1.29 is 22.9 Å². The van der Waals surface area contributed by atoms with Crippen molar-refractivity contribution in [2.24, 2.45) is 0 Å². The van der Waals surface area contributed by atoms with Gasteiger partial charge in [-0.05, 0) is 71.2 Å². The van der Waals surface area contributed by atoms with Crippen molar-refractivity contribution in [2.45, 2.75) is 6.18 Å². The number of nitro groups is 1. The molecule has 1 heterocycles. The van der Waals surface area contributed by atoms with Gasteiger partial charge in [-0.2, -0.15) is 13.2 Å². The molecule has 0 saturated carbocycles. The van der Waals surface area contributed by atoms with Crippen molar-refractivity contribution in [3.8, 4) is 0 Å². The molecule has 0 spiro atoms. The number of carbonyl (C=O) groups excluding carboxylic acids is 1. The van der Waals surface area contributed by atoms with E-state index >= 15 is 0 Å². The van der Waals surface area contributed by atoms with Crippen LogP contribution in [0.4, 0.5) is 24.5 Å². The summed E-state index contributed by atoms with van der Waals surface area (Å²) in [7, 11) is 0. The van der Waals surface area contributed by atoms with Crippen LogP contribution in [0.2, 0.25) is 0 Å². The molecule has 1 fully saturated rings. The molecule has 1 aliphatic rings. The lowest BCUT2D eigenvalue weighted by Crippen LogP contribution is -2.52. The number of alkyl halides is 3. The summed E-state index contributed by atoms with van der Waals surface area (Å²) in [5, 5.41) is 14.2. The van der Waals surface area contributed by atoms with Crippen LogP contribution in [0, 0.1) is 13.7 Å². The number of nitrogens with one attached hydrogen (secondary N) is 1. The second-order valence-corrected chi connectivity index (χ2v) is 8.33. The number of benzene rings is 2. The molecule has 1 N–H and O–H groups in total. The molecule has 2 aromatic carbocycles. The summed E-state index contributed by atoms with van der Waals surface area (Å²) >= 11 is 7.43. The Morgan fingerprint density at radius 2 is 1.71 bits per heavy atom. The molecule has 0 atom stereocenters. The van der Waals surface area contributed by atoms with E-state index in [0.717, 1.165) is 15.7 Å². The number of hydrogen-bond donors (Lipinski definition) is 1. The van der Waals surface area contributed by atoms with Crippen LogP contribution >= 0.6 is 34.8 Å². The van der Waals surface area contributed by atoms with E-state index in [-0.39, 0.29) is 16.7 Å². The van der Waals surface area contributed by atoms with Crippen LogP contribution in [-0.2, 0) is 6.18 Å². The fourth-order valence-corrected chi connectivity index (χ4v) is 3.75. The van der Waals surface area contributed by atoms with Crippen molar-refractivity contribution in [1.29, 1.82) is 0 Å². The van der Waals surface area contributed by atoms with Crippen LogP contribution in [0.5, 0.6) is 0 Å². The van der Waals surface area contributed by atoms with Gasteiger partial charge in [0.25, 0.3) is 11.6 Å². The fraction of sp³-hybridized carbons (Fsp3) is 0.263. The van der Waals surface area contributed by atoms with Gasteiger partial charge in [-0.15, -0.1) is 0 Å². The zero-order chi connectivity index (χ0) is 22.8. The molecular formula is C19H16F3IN4O3S. The molecule has 1 saturated heterocycles. The quantitative estimate of drug-likeness (QED) is 0.263. The lowest BCUT2D eigenvalue weighted by atomic mass is 10.1. The number of nitrogens with zero attached hydrogens (tertiary/aromatic N) is 3. The Bertz CT molecular complexity index is 1010. The summed E-state index contributed by atoms with van der Waals surface area (Å²) < 4.78 is 39.7. The van der Waals surface area contributed by atoms with Crippen molar-refractivity contribution in [2.75, 3.05) is 31.1 Å². The van der Waals surface area contributed by atoms with Gasteiger partial charge in [0.15, 0.2) is 5.11 Å². The number of halogens is 4. The summed E-state index contributed by atoms with van der Waals surface area (Å²) in [5.41, 5.74) is -1.09. The highest BCUT2D eigenvalue weighted by Gasteiger charge is 2.34. The molecule has 12 heteroatoms. The standard InChI is InChI=1S/C19H16F3IN4O3S/c20-19(21,22)13-3-6-15(16(11-13)27(29)30)25-7-9-26(10-8-25)18(31)24-17(28)12-1-4-14(23)5-2-12/h1-6,11H,7-10H2,(H,24,28,31). The molecule has 31 heavy (non-hydrogen) atoms. The smallest absolute Gasteiger partial charge is 0.362 e. The van der Waals surface area contributed by atoms with Crippen LogP contribution in [0.25, 0.3) is 0 Å². The van der Waals surface area contributed by atoms with Crippen molar-refractivity contribution in [3.63, 3.8) is 0 Å². The minimum absolute atomic E-state index is 0.117. The van der Waals surface area contributed by atoms with E-state index in [1.165, 1.54) is 0 Å². The number of amides is 1. The Hall–Kier alpha value is -2.48. The van der Waals surface area contributed by atoms with E-state index in [2.05, 4.69) is 27.9 Å². The van der Waals surface area contributed by atoms with Crippen LogP contribution in [0.1, 0.15) is 15.9 Å². The van der Waals surface area contributed by atoms with Crippen LogP contribution in [-0.4, -0.2) is 47.0 Å². The van der Waals surface area contributed by atoms with Gasteiger partial charge in [0.1, 0.15) is 5.69 Å². The first-order chi connectivity index (χ1) is 14.6. The second-order valence-electron chi connectivity index (χ2n) is 6.70. The molecule has 3 rings (SSSR count). The molecule has 164 valence electrons. The molecule has 1 aliphatic heterocycles. The minimum Gasteiger partial charge on any atom is -0.362 e. The summed E-state index contributed by atoms with van der Waals surface area (Å²) in [6.07, 6.45) is -4.66. The van der Waals surface area contributed by atoms with E-state index < -0.39 is 22.4 Å². The highest BCUT2D eigenvalue weighted by molar-refractivity contribution is 14.1. The zero-order valence-corrected chi connectivity index (χ0v) is 18.8. The average Bonchev–Trinajstić information content (AvgIpc) is 2.73. The number of carbonyl (C=O) groups is 1. The number of anilines is 1. The second kappa shape index (κ2) is 9.34. The third kappa shape index (κ3) is 5.61. The SMILES string of the molecule is O=C(NC(=S)N1CCN(c2ccc(C(F)(F)F)cc2[N+](=O)[O-])CC1)c1ccc(I)cc1. The maximum absolute atomic E-state index is 12.9. The lowest BCUT2D eigenvalue weighted by molar-refractivity contribution is -0.384. The predicted molar refractivity (Wildman–Crippen MR) is 121 cm³/mol. The molecule has 0 aliphatic carbocycles. The van der Waals surface area contributed by atoms with Crippen molar-refractivity contribution in [1.82, 2.24) is 10.2 Å². The maximum atomic E-state index is 12.9. The Balaban J connectivity index is 1.65. The van der Waals surface area contributed by atoms with Gasteiger partial charge in [0, 0.05) is 41.4 Å². The Kier molecular flexibility index (Phi) is 6.99. The summed E-state index contributed by atoms with van der Waals surface area (Å²) in [6, 6.07) is 9.47. The minimum atomic E-state index is -4.66. The molecule has 0 unspecified atom stereocenters. The van der Waals surface area contributed by atoms with Crippen molar-refractivity contribution >= 4 is 57.2 Å². The number of rotatable bonds is 3. The number of hydrogen-bond acceptors (Lipinski definition) is 5. The van der Waals surface area contributed by atoms with Crippen molar-refractivity contribution in [3.05, 3.63) is 67.3 Å². The van der Waals surface area contributed by atoms with Gasteiger partial charge in [-0.3, -0.25) is 20.2 Å². The Labute approximate surface area is 194 Å². The largest absolute Gasteiger partial charge is 0.416 e. The molecule has 1 amide bonds. The number of piperazine rings is 1. The Morgan fingerprint density at radius 1 is 1.10 bits per heavy atom. The van der Waals surface area contributed by atoms with Crippen LogP contribution in [0.15, 0.2) is 42.5 Å². The van der Waals surface area contributed by atoms with E-state index in [1.54, 1.807) is 34.1 Å². The van der Waals surface area contributed by atoms with Gasteiger partial charge in [-0.1, -0.05) is 0 Å². The van der Waals surface area contributed by atoms with E-state index in [9.17, 15) is 28.1 Å². The normalized spacial score (nSPS) is 14.3. The molecule has 0 radical (unpaired) electrons. The Morgan fingerprint density at radius 3 is 2.26 bits per heavy atom. The maximum Gasteiger partial charge on any atom is 0.416 e. The molecule has 0 aromatic heterocycles. The highest BCUT2D eigenvalue weighted by atomic mass is 127. The number of thiocarbonyl (C=S) groups is 1. The van der Waals surface area contributed by atoms with Gasteiger partial charge < -0.3 is 9.80 Å². The first kappa shape index (κ1) is 23.2. The third-order valence-electron chi connectivity index (χ3n) is 4.73. The van der Waals surface area contributed by atoms with Gasteiger partial charge in [0.05, 0.1) is 10.5 Å². The molecule has 2 aromatic rings. The van der Waals surface area contributed by atoms with E-state index in [1.807, 2.05) is 0 Å². The first-order valence-corrected chi connectivity index (χ1v) is 10.5. The summed E-state index contributed by atoms with van der Waals surface area (Å²) in [5.74, 6) is -0.345. The topological polar surface area (TPSA) is 78.7 Å². The molecule has 0 bridgehead atoms. The van der Waals surface area contributed by atoms with Gasteiger partial charge in [-0.25, -0.2) is 0 Å². The molecular weight excluding hydrogens is 548 g/mol. The monoisotopic (exact) mass is 564 g/mol. The predicted octanol–water partition coefficient (Wildman–Crippen LogP) is 4.06. The lowest BCUT2D eigenvalue weighted by Gasteiger charge is -2.37. The van der Waals surface area contributed by atoms with Gasteiger partial charge >= 0.3 is 6.18 Å². The summed E-state index contributed by atoms with van der Waals surface area (Å²) in [6.45, 7) is 1.30. The first-order valence-electron chi connectivity index (χ1n) is 9.02. The number of nitro benzene ring substituents is 1. The van der Waals surface area contributed by atoms with Gasteiger partial charge in [0.2, 0.25) is 0 Å². The highest BCUT2D eigenvalue weighted by Crippen LogP contribution is 2.36. The summed E-state index contributed by atoms with van der Waals surface area (Å²) in [4.78, 5) is 26.2. The third-order valence-corrected chi connectivity index (χ3v) is 5.81. The average molecular weight is 564 g/mol. The fourth-order valence-electron chi connectivity index (χ4n) is 3.11. The van der Waals surface area contributed by atoms with E-state index in [0.29, 0.717) is 37.8 Å². The van der Waals surface area contributed by atoms with E-state index in [4.69, 9.17) is 12.2 Å². The molecule has 7 nitrogen and oxygen atoms in total.